The van der Waals surface area contributed by atoms with E-state index in [1.54, 1.807) is 43.4 Å². The average molecular weight is 469 g/mol. The Bertz CT molecular complexity index is 1350. The standard InChI is InChI=1S/C22H17FN4O3S2/c1-24-19(29)13-4-8-15(9-5-13)25-17(28)11-32-22-26-20(30)18-16(10-31-21(18)27-22)12-2-6-14(23)7-3-12/h2-10H,11H2,1H3,(H,24,29)(H,25,28)(H,26,27,30). The number of amides is 2. The highest BCUT2D eigenvalue weighted by atomic mass is 32.2. The number of nitrogens with one attached hydrogen (secondary N) is 3. The van der Waals surface area contributed by atoms with Crippen LogP contribution in [0.5, 0.6) is 0 Å². The van der Waals surface area contributed by atoms with Crippen LogP contribution < -0.4 is 16.2 Å². The lowest BCUT2D eigenvalue weighted by Crippen LogP contribution is -2.18. The highest BCUT2D eigenvalue weighted by molar-refractivity contribution is 7.99. The van der Waals surface area contributed by atoms with Crippen molar-refractivity contribution in [3.63, 3.8) is 0 Å². The van der Waals surface area contributed by atoms with Crippen LogP contribution >= 0.6 is 23.1 Å². The van der Waals surface area contributed by atoms with Gasteiger partial charge in [0.2, 0.25) is 5.91 Å². The molecule has 162 valence electrons. The van der Waals surface area contributed by atoms with Gasteiger partial charge < -0.3 is 15.6 Å². The highest BCUT2D eigenvalue weighted by Gasteiger charge is 2.14. The van der Waals surface area contributed by atoms with Crippen LogP contribution in [-0.2, 0) is 4.79 Å². The molecule has 4 rings (SSSR count). The van der Waals surface area contributed by atoms with E-state index in [1.165, 1.54) is 23.5 Å². The molecule has 3 N–H and O–H groups in total. The van der Waals surface area contributed by atoms with Crippen molar-refractivity contribution in [2.24, 2.45) is 0 Å². The first kappa shape index (κ1) is 21.7. The second-order valence-electron chi connectivity index (χ2n) is 6.70. The Morgan fingerprint density at radius 2 is 1.84 bits per heavy atom. The molecular formula is C22H17FN4O3S2. The molecule has 0 aliphatic rings. The van der Waals surface area contributed by atoms with Crippen molar-refractivity contribution in [1.29, 1.82) is 0 Å². The zero-order chi connectivity index (χ0) is 22.7. The summed E-state index contributed by atoms with van der Waals surface area (Å²) in [7, 11) is 1.55. The molecule has 10 heteroatoms. The lowest BCUT2D eigenvalue weighted by molar-refractivity contribution is -0.113. The molecule has 2 aromatic carbocycles. The summed E-state index contributed by atoms with van der Waals surface area (Å²) in [5, 5.41) is 7.85. The Morgan fingerprint density at radius 1 is 1.12 bits per heavy atom. The molecule has 0 bridgehead atoms. The summed E-state index contributed by atoms with van der Waals surface area (Å²) in [5.41, 5.74) is 2.15. The zero-order valence-electron chi connectivity index (χ0n) is 16.8. The number of H-pyrrole nitrogens is 1. The van der Waals surface area contributed by atoms with E-state index in [2.05, 4.69) is 20.6 Å². The van der Waals surface area contributed by atoms with Crippen molar-refractivity contribution >= 4 is 50.8 Å². The molecule has 2 aromatic heterocycles. The van der Waals surface area contributed by atoms with Crippen molar-refractivity contribution in [3.8, 4) is 11.1 Å². The molecule has 0 radical (unpaired) electrons. The van der Waals surface area contributed by atoms with Crippen molar-refractivity contribution in [3.05, 3.63) is 75.6 Å². The summed E-state index contributed by atoms with van der Waals surface area (Å²) < 4.78 is 13.2. The average Bonchev–Trinajstić information content (AvgIpc) is 3.23. The Kier molecular flexibility index (Phi) is 6.33. The maximum Gasteiger partial charge on any atom is 0.260 e. The Labute approximate surface area is 190 Å². The van der Waals surface area contributed by atoms with Crippen LogP contribution in [0.25, 0.3) is 21.3 Å². The number of thiophene rings is 1. The third-order valence-electron chi connectivity index (χ3n) is 4.58. The van der Waals surface area contributed by atoms with Crippen LogP contribution in [-0.4, -0.2) is 34.6 Å². The molecule has 2 heterocycles. The fraction of sp³-hybridized carbons (Fsp3) is 0.0909. The maximum absolute atomic E-state index is 13.2. The molecule has 0 aliphatic carbocycles. The van der Waals surface area contributed by atoms with E-state index in [9.17, 15) is 18.8 Å². The minimum atomic E-state index is -0.348. The van der Waals surface area contributed by atoms with E-state index in [4.69, 9.17) is 0 Å². The van der Waals surface area contributed by atoms with Crippen LogP contribution in [0.1, 0.15) is 10.4 Å². The second kappa shape index (κ2) is 9.33. The van der Waals surface area contributed by atoms with E-state index >= 15 is 0 Å². The summed E-state index contributed by atoms with van der Waals surface area (Å²) in [4.78, 5) is 44.2. The number of carbonyl (C=O) groups is 2. The van der Waals surface area contributed by atoms with Gasteiger partial charge in [-0.2, -0.15) is 0 Å². The molecule has 0 aliphatic heterocycles. The molecular weight excluding hydrogens is 451 g/mol. The van der Waals surface area contributed by atoms with Gasteiger partial charge in [-0.25, -0.2) is 9.37 Å². The molecule has 0 unspecified atom stereocenters. The Morgan fingerprint density at radius 3 is 2.53 bits per heavy atom. The van der Waals surface area contributed by atoms with Gasteiger partial charge in [-0.05, 0) is 42.0 Å². The fourth-order valence-electron chi connectivity index (χ4n) is 3.02. The number of hydrogen-bond donors (Lipinski definition) is 3. The number of thioether (sulfide) groups is 1. The maximum atomic E-state index is 13.2. The molecule has 0 saturated heterocycles. The summed E-state index contributed by atoms with van der Waals surface area (Å²) in [6.07, 6.45) is 0. The second-order valence-corrected chi connectivity index (χ2v) is 8.52. The normalized spacial score (nSPS) is 10.8. The summed E-state index contributed by atoms with van der Waals surface area (Å²) in [6.45, 7) is 0. The Hall–Kier alpha value is -3.50. The minimum absolute atomic E-state index is 0.0435. The molecule has 0 fully saturated rings. The van der Waals surface area contributed by atoms with Gasteiger partial charge in [-0.3, -0.25) is 14.4 Å². The number of carbonyl (C=O) groups excluding carboxylic acids is 2. The van der Waals surface area contributed by atoms with Gasteiger partial charge >= 0.3 is 0 Å². The van der Waals surface area contributed by atoms with Crippen molar-refractivity contribution in [2.45, 2.75) is 5.16 Å². The SMILES string of the molecule is CNC(=O)c1ccc(NC(=O)CSc2nc3scc(-c4ccc(F)cc4)c3c(=O)[nH]2)cc1. The number of nitrogens with zero attached hydrogens (tertiary/aromatic N) is 1. The van der Waals surface area contributed by atoms with Gasteiger partial charge in [0.1, 0.15) is 10.6 Å². The zero-order valence-corrected chi connectivity index (χ0v) is 18.4. The fourth-order valence-corrected chi connectivity index (χ4v) is 4.69. The highest BCUT2D eigenvalue weighted by Crippen LogP contribution is 2.31. The van der Waals surface area contributed by atoms with Gasteiger partial charge in [0.25, 0.3) is 11.5 Å². The molecule has 7 nitrogen and oxygen atoms in total. The molecule has 0 atom stereocenters. The smallest absolute Gasteiger partial charge is 0.260 e. The van der Waals surface area contributed by atoms with Crippen LogP contribution in [0, 0.1) is 5.82 Å². The van der Waals surface area contributed by atoms with Gasteiger partial charge in [0, 0.05) is 29.2 Å². The van der Waals surface area contributed by atoms with E-state index in [1.807, 2.05) is 5.38 Å². The van der Waals surface area contributed by atoms with E-state index < -0.39 is 0 Å². The Balaban J connectivity index is 1.44. The molecule has 2 amide bonds. The predicted octanol–water partition coefficient (Wildman–Crippen LogP) is 3.88. The van der Waals surface area contributed by atoms with Gasteiger partial charge in [-0.15, -0.1) is 11.3 Å². The van der Waals surface area contributed by atoms with Crippen LogP contribution in [0.2, 0.25) is 0 Å². The minimum Gasteiger partial charge on any atom is -0.355 e. The number of fused-ring (bicyclic) bond motifs is 1. The van der Waals surface area contributed by atoms with E-state index in [-0.39, 0.29) is 28.9 Å². The molecule has 32 heavy (non-hydrogen) atoms. The number of aromatic nitrogens is 2. The predicted molar refractivity (Wildman–Crippen MR) is 125 cm³/mol. The number of anilines is 1. The van der Waals surface area contributed by atoms with Gasteiger partial charge in [-0.1, -0.05) is 23.9 Å². The quantitative estimate of drug-likeness (QED) is 0.294. The van der Waals surface area contributed by atoms with E-state index in [0.29, 0.717) is 32.2 Å². The van der Waals surface area contributed by atoms with Crippen LogP contribution in [0.3, 0.4) is 0 Å². The lowest BCUT2D eigenvalue weighted by Gasteiger charge is -2.06. The van der Waals surface area contributed by atoms with Gasteiger partial charge in [0.05, 0.1) is 11.1 Å². The van der Waals surface area contributed by atoms with Crippen molar-refractivity contribution in [2.75, 3.05) is 18.1 Å². The first-order valence-electron chi connectivity index (χ1n) is 9.47. The number of aromatic amines is 1. The van der Waals surface area contributed by atoms with E-state index in [0.717, 1.165) is 17.3 Å². The molecule has 0 spiro atoms. The number of rotatable bonds is 6. The summed E-state index contributed by atoms with van der Waals surface area (Å²) >= 11 is 2.42. The first-order chi connectivity index (χ1) is 15.4. The lowest BCUT2D eigenvalue weighted by atomic mass is 10.1. The monoisotopic (exact) mass is 468 g/mol. The number of benzene rings is 2. The largest absolute Gasteiger partial charge is 0.355 e. The van der Waals surface area contributed by atoms with Crippen molar-refractivity contribution < 1.29 is 14.0 Å². The third kappa shape index (κ3) is 4.71. The number of halogens is 1. The first-order valence-corrected chi connectivity index (χ1v) is 11.3. The topological polar surface area (TPSA) is 104 Å². The molecule has 0 saturated carbocycles. The van der Waals surface area contributed by atoms with Crippen LogP contribution in [0.15, 0.2) is 63.9 Å². The van der Waals surface area contributed by atoms with Crippen LogP contribution in [0.4, 0.5) is 10.1 Å². The molecule has 4 aromatic rings. The van der Waals surface area contributed by atoms with Gasteiger partial charge in [0.15, 0.2) is 5.16 Å². The summed E-state index contributed by atoms with van der Waals surface area (Å²) in [6, 6.07) is 12.4. The van der Waals surface area contributed by atoms with Crippen molar-refractivity contribution in [1.82, 2.24) is 15.3 Å². The summed E-state index contributed by atoms with van der Waals surface area (Å²) in [5.74, 6) is -0.787. The number of hydrogen-bond acceptors (Lipinski definition) is 6. The third-order valence-corrected chi connectivity index (χ3v) is 6.32.